The van der Waals surface area contributed by atoms with Crippen LogP contribution < -0.4 is 10.6 Å². The predicted molar refractivity (Wildman–Crippen MR) is 98.5 cm³/mol. The summed E-state index contributed by atoms with van der Waals surface area (Å²) in [6.07, 6.45) is 3.14. The number of benzene rings is 1. The summed E-state index contributed by atoms with van der Waals surface area (Å²) in [7, 11) is 0. The number of imide groups is 1. The Hall–Kier alpha value is -2.37. The van der Waals surface area contributed by atoms with Gasteiger partial charge in [-0.1, -0.05) is 44.2 Å². The maximum absolute atomic E-state index is 12.8. The Labute approximate surface area is 154 Å². The molecule has 140 valence electrons. The normalized spacial score (nSPS) is 26.7. The summed E-state index contributed by atoms with van der Waals surface area (Å²) in [4.78, 5) is 38.3. The summed E-state index contributed by atoms with van der Waals surface area (Å²) in [6, 6.07) is 9.46. The average Bonchev–Trinajstić information content (AvgIpc) is 2.87. The summed E-state index contributed by atoms with van der Waals surface area (Å²) in [5.74, 6) is 0.176. The molecule has 1 saturated heterocycles. The fourth-order valence-corrected chi connectivity index (χ4v) is 3.78. The fourth-order valence-electron chi connectivity index (χ4n) is 3.78. The van der Waals surface area contributed by atoms with E-state index in [1.807, 2.05) is 37.3 Å². The van der Waals surface area contributed by atoms with Gasteiger partial charge in [0.15, 0.2) is 0 Å². The highest BCUT2D eigenvalue weighted by Crippen LogP contribution is 2.36. The van der Waals surface area contributed by atoms with Crippen LogP contribution in [0.4, 0.5) is 4.79 Å². The second-order valence-electron chi connectivity index (χ2n) is 7.70. The third kappa shape index (κ3) is 3.74. The van der Waals surface area contributed by atoms with Crippen LogP contribution in [0.15, 0.2) is 30.3 Å². The van der Waals surface area contributed by atoms with Crippen molar-refractivity contribution in [2.24, 2.45) is 5.92 Å². The van der Waals surface area contributed by atoms with Crippen molar-refractivity contribution in [1.29, 1.82) is 0 Å². The van der Waals surface area contributed by atoms with E-state index in [0.717, 1.165) is 23.3 Å². The maximum Gasteiger partial charge on any atom is 0.325 e. The molecule has 2 aliphatic rings. The highest BCUT2D eigenvalue weighted by molar-refractivity contribution is 6.09. The molecule has 1 atom stereocenters. The lowest BCUT2D eigenvalue weighted by Crippen LogP contribution is -2.50. The van der Waals surface area contributed by atoms with E-state index >= 15 is 0 Å². The molecule has 1 aliphatic carbocycles. The molecule has 1 saturated carbocycles. The SMILES string of the molecule is CC1CCC2(CC1)NC(=O)N(CC(=O)NC[C@H](C)c1ccccc1)C2=O. The van der Waals surface area contributed by atoms with Crippen LogP contribution in [-0.2, 0) is 9.59 Å². The van der Waals surface area contributed by atoms with Gasteiger partial charge in [0.2, 0.25) is 5.91 Å². The number of carbonyl (C=O) groups excluding carboxylic acids is 3. The minimum absolute atomic E-state index is 0.162. The van der Waals surface area contributed by atoms with Crippen LogP contribution in [0.2, 0.25) is 0 Å². The molecule has 1 heterocycles. The molecule has 2 N–H and O–H groups in total. The van der Waals surface area contributed by atoms with Gasteiger partial charge < -0.3 is 10.6 Å². The van der Waals surface area contributed by atoms with Crippen LogP contribution >= 0.6 is 0 Å². The van der Waals surface area contributed by atoms with Crippen LogP contribution in [0.5, 0.6) is 0 Å². The summed E-state index contributed by atoms with van der Waals surface area (Å²) in [6.45, 7) is 4.44. The van der Waals surface area contributed by atoms with Gasteiger partial charge in [-0.25, -0.2) is 4.79 Å². The molecule has 4 amide bonds. The molecular weight excluding hydrogens is 330 g/mol. The van der Waals surface area contributed by atoms with E-state index in [0.29, 0.717) is 25.3 Å². The molecule has 6 heteroatoms. The number of urea groups is 1. The number of hydrogen-bond donors (Lipinski definition) is 2. The Balaban J connectivity index is 1.54. The topological polar surface area (TPSA) is 78.5 Å². The molecule has 1 aliphatic heterocycles. The summed E-state index contributed by atoms with van der Waals surface area (Å²) < 4.78 is 0. The summed E-state index contributed by atoms with van der Waals surface area (Å²) in [5, 5.41) is 5.68. The summed E-state index contributed by atoms with van der Waals surface area (Å²) in [5.41, 5.74) is 0.347. The molecule has 3 rings (SSSR count). The average molecular weight is 357 g/mol. The van der Waals surface area contributed by atoms with Crippen LogP contribution in [-0.4, -0.2) is 41.4 Å². The molecule has 0 bridgehead atoms. The Kier molecular flexibility index (Phi) is 5.30. The molecule has 2 fully saturated rings. The lowest BCUT2D eigenvalue weighted by molar-refractivity contribution is -0.136. The molecule has 1 aromatic rings. The number of nitrogens with one attached hydrogen (secondary N) is 2. The quantitative estimate of drug-likeness (QED) is 0.795. The van der Waals surface area contributed by atoms with Gasteiger partial charge in [0.05, 0.1) is 0 Å². The molecule has 6 nitrogen and oxygen atoms in total. The smallest absolute Gasteiger partial charge is 0.325 e. The highest BCUT2D eigenvalue weighted by Gasteiger charge is 2.52. The van der Waals surface area contributed by atoms with E-state index in [9.17, 15) is 14.4 Å². The first-order valence-corrected chi connectivity index (χ1v) is 9.37. The van der Waals surface area contributed by atoms with Crippen molar-refractivity contribution in [3.05, 3.63) is 35.9 Å². The Morgan fingerprint density at radius 1 is 1.27 bits per heavy atom. The Morgan fingerprint density at radius 2 is 1.92 bits per heavy atom. The van der Waals surface area contributed by atoms with E-state index in [-0.39, 0.29) is 24.3 Å². The van der Waals surface area contributed by atoms with Crippen LogP contribution in [0.1, 0.15) is 51.0 Å². The Bertz CT molecular complexity index is 681. The van der Waals surface area contributed by atoms with E-state index in [1.54, 1.807) is 0 Å². The van der Waals surface area contributed by atoms with Gasteiger partial charge in [-0.05, 0) is 43.1 Å². The molecular formula is C20H27N3O3. The van der Waals surface area contributed by atoms with Gasteiger partial charge in [-0.15, -0.1) is 0 Å². The van der Waals surface area contributed by atoms with E-state index in [2.05, 4.69) is 17.6 Å². The van der Waals surface area contributed by atoms with Gasteiger partial charge in [0, 0.05) is 6.54 Å². The molecule has 26 heavy (non-hydrogen) atoms. The zero-order chi connectivity index (χ0) is 18.7. The Morgan fingerprint density at radius 3 is 2.58 bits per heavy atom. The van der Waals surface area contributed by atoms with E-state index in [1.165, 1.54) is 0 Å². The first kappa shape index (κ1) is 18.4. The van der Waals surface area contributed by atoms with Crippen LogP contribution in [0, 0.1) is 5.92 Å². The second-order valence-corrected chi connectivity index (χ2v) is 7.70. The summed E-state index contributed by atoms with van der Waals surface area (Å²) >= 11 is 0. The number of amides is 4. The lowest BCUT2D eigenvalue weighted by atomic mass is 9.77. The number of nitrogens with zero attached hydrogens (tertiary/aromatic N) is 1. The maximum atomic E-state index is 12.8. The van der Waals surface area contributed by atoms with Crippen molar-refractivity contribution in [3.8, 4) is 0 Å². The van der Waals surface area contributed by atoms with Crippen molar-refractivity contribution in [2.75, 3.05) is 13.1 Å². The molecule has 1 spiro atoms. The van der Waals surface area contributed by atoms with Gasteiger partial charge in [0.25, 0.3) is 5.91 Å². The van der Waals surface area contributed by atoms with Gasteiger partial charge in [0.1, 0.15) is 12.1 Å². The van der Waals surface area contributed by atoms with E-state index < -0.39 is 11.6 Å². The van der Waals surface area contributed by atoms with Crippen molar-refractivity contribution in [1.82, 2.24) is 15.5 Å². The minimum Gasteiger partial charge on any atom is -0.354 e. The number of hydrogen-bond acceptors (Lipinski definition) is 3. The molecule has 1 aromatic carbocycles. The van der Waals surface area contributed by atoms with Crippen molar-refractivity contribution >= 4 is 17.8 Å². The van der Waals surface area contributed by atoms with Crippen molar-refractivity contribution in [3.63, 3.8) is 0 Å². The zero-order valence-electron chi connectivity index (χ0n) is 15.5. The zero-order valence-corrected chi connectivity index (χ0v) is 15.5. The third-order valence-electron chi connectivity index (χ3n) is 5.65. The van der Waals surface area contributed by atoms with Crippen LogP contribution in [0.3, 0.4) is 0 Å². The van der Waals surface area contributed by atoms with Gasteiger partial charge in [-0.2, -0.15) is 0 Å². The molecule has 0 unspecified atom stereocenters. The number of carbonyl (C=O) groups is 3. The monoisotopic (exact) mass is 357 g/mol. The largest absolute Gasteiger partial charge is 0.354 e. The fraction of sp³-hybridized carbons (Fsp3) is 0.550. The first-order chi connectivity index (χ1) is 12.4. The molecule has 0 radical (unpaired) electrons. The van der Waals surface area contributed by atoms with Crippen molar-refractivity contribution in [2.45, 2.75) is 51.0 Å². The minimum atomic E-state index is -0.790. The van der Waals surface area contributed by atoms with E-state index in [4.69, 9.17) is 0 Å². The molecule has 0 aromatic heterocycles. The highest BCUT2D eigenvalue weighted by atomic mass is 16.2. The standard InChI is InChI=1S/C20H27N3O3/c1-14-8-10-20(11-9-14)18(25)23(19(26)22-20)13-17(24)21-12-15(2)16-6-4-3-5-7-16/h3-7,14-15H,8-13H2,1-2H3,(H,21,24)(H,22,26)/t14?,15-,20?/m0/s1. The second kappa shape index (κ2) is 7.48. The van der Waals surface area contributed by atoms with Gasteiger partial charge >= 0.3 is 6.03 Å². The van der Waals surface area contributed by atoms with Crippen LogP contribution in [0.25, 0.3) is 0 Å². The number of rotatable bonds is 5. The van der Waals surface area contributed by atoms with Gasteiger partial charge in [-0.3, -0.25) is 14.5 Å². The first-order valence-electron chi connectivity index (χ1n) is 9.37. The van der Waals surface area contributed by atoms with Crippen molar-refractivity contribution < 1.29 is 14.4 Å². The predicted octanol–water partition coefficient (Wildman–Crippen LogP) is 2.41. The lowest BCUT2D eigenvalue weighted by Gasteiger charge is -2.33. The third-order valence-corrected chi connectivity index (χ3v) is 5.65.